The number of ether oxygens (including phenoxy) is 2. The lowest BCUT2D eigenvalue weighted by molar-refractivity contribution is -0.137. The normalized spacial score (nSPS) is 12.7. The second kappa shape index (κ2) is 8.15. The molecule has 0 amide bonds. The minimum Gasteiger partial charge on any atom is -0.490 e. The number of benzene rings is 1. The van der Waals surface area contributed by atoms with Crippen molar-refractivity contribution >= 4 is 0 Å². The van der Waals surface area contributed by atoms with Crippen molar-refractivity contribution in [2.24, 2.45) is 5.73 Å². The molecule has 0 spiro atoms. The molecular weight excluding hydrogens is 340 g/mol. The average molecular weight is 358 g/mol. The van der Waals surface area contributed by atoms with Crippen molar-refractivity contribution in [1.29, 1.82) is 0 Å². The first-order valence-corrected chi connectivity index (χ1v) is 7.61. The maximum absolute atomic E-state index is 13.6. The van der Waals surface area contributed by atoms with Gasteiger partial charge in [0.2, 0.25) is 0 Å². The lowest BCUT2D eigenvalue weighted by Gasteiger charge is -2.16. The van der Waals surface area contributed by atoms with Gasteiger partial charge in [0, 0.05) is 6.20 Å². The van der Waals surface area contributed by atoms with Gasteiger partial charge in [-0.15, -0.1) is 0 Å². The lowest BCUT2D eigenvalue weighted by atomic mass is 10.2. The third-order valence-corrected chi connectivity index (χ3v) is 3.35. The van der Waals surface area contributed by atoms with E-state index in [4.69, 9.17) is 15.2 Å². The summed E-state index contributed by atoms with van der Waals surface area (Å²) in [6.45, 7) is 1.83. The molecule has 0 fully saturated rings. The number of hydrogen-bond acceptors (Lipinski definition) is 4. The van der Waals surface area contributed by atoms with Crippen LogP contribution in [0.1, 0.15) is 18.1 Å². The van der Waals surface area contributed by atoms with Crippen molar-refractivity contribution in [1.82, 2.24) is 4.98 Å². The zero-order valence-corrected chi connectivity index (χ0v) is 13.5. The summed E-state index contributed by atoms with van der Waals surface area (Å²) in [7, 11) is 0. The van der Waals surface area contributed by atoms with Crippen molar-refractivity contribution < 1.29 is 27.0 Å². The molecule has 2 rings (SSSR count). The van der Waals surface area contributed by atoms with E-state index < -0.39 is 29.3 Å². The highest BCUT2D eigenvalue weighted by Crippen LogP contribution is 2.32. The van der Waals surface area contributed by atoms with E-state index in [0.29, 0.717) is 23.9 Å². The Morgan fingerprint density at radius 2 is 1.84 bits per heavy atom. The average Bonchev–Trinajstić information content (AvgIpc) is 2.58. The first kappa shape index (κ1) is 19.0. The maximum atomic E-state index is 13.6. The molecule has 0 saturated carbocycles. The zero-order chi connectivity index (χ0) is 18.4. The van der Waals surface area contributed by atoms with E-state index in [1.165, 1.54) is 6.20 Å². The van der Waals surface area contributed by atoms with Crippen molar-refractivity contribution in [3.8, 4) is 11.5 Å². The van der Waals surface area contributed by atoms with Gasteiger partial charge in [-0.05, 0) is 36.2 Å². The fourth-order valence-electron chi connectivity index (χ4n) is 1.97. The Morgan fingerprint density at radius 1 is 1.12 bits per heavy atom. The molecule has 1 aromatic carbocycles. The Bertz CT molecular complexity index is 707. The van der Waals surface area contributed by atoms with Crippen molar-refractivity contribution in [2.45, 2.75) is 25.6 Å². The Kier molecular flexibility index (Phi) is 6.19. The van der Waals surface area contributed by atoms with Crippen molar-refractivity contribution in [3.05, 3.63) is 53.6 Å². The summed E-state index contributed by atoms with van der Waals surface area (Å²) < 4.78 is 62.0. The van der Waals surface area contributed by atoms with E-state index in [9.17, 15) is 17.6 Å². The SMILES string of the molecule is CCc1cncc(OC[C@@H](N)COc2cc(C(F)(F)F)ccc2F)c1. The van der Waals surface area contributed by atoms with Gasteiger partial charge in [-0.1, -0.05) is 6.92 Å². The molecule has 25 heavy (non-hydrogen) atoms. The van der Waals surface area contributed by atoms with Crippen LogP contribution in [-0.2, 0) is 12.6 Å². The Hall–Kier alpha value is -2.35. The number of hydrogen-bond donors (Lipinski definition) is 1. The molecule has 2 aromatic rings. The number of halogens is 4. The number of aryl methyl sites for hydroxylation is 1. The molecule has 0 aliphatic heterocycles. The summed E-state index contributed by atoms with van der Waals surface area (Å²) in [5.74, 6) is -0.860. The number of alkyl halides is 3. The Morgan fingerprint density at radius 3 is 2.52 bits per heavy atom. The summed E-state index contributed by atoms with van der Waals surface area (Å²) in [5.41, 5.74) is 5.80. The quantitative estimate of drug-likeness (QED) is 0.769. The molecule has 1 aromatic heterocycles. The summed E-state index contributed by atoms with van der Waals surface area (Å²) in [6, 6.07) is 3.13. The minimum atomic E-state index is -4.58. The fraction of sp³-hybridized carbons (Fsp3) is 0.353. The molecule has 0 saturated heterocycles. The molecule has 1 atom stereocenters. The molecule has 0 radical (unpaired) electrons. The largest absolute Gasteiger partial charge is 0.490 e. The molecule has 0 aliphatic rings. The molecule has 8 heteroatoms. The topological polar surface area (TPSA) is 57.4 Å². The molecule has 4 nitrogen and oxygen atoms in total. The lowest BCUT2D eigenvalue weighted by Crippen LogP contribution is -2.34. The fourth-order valence-corrected chi connectivity index (χ4v) is 1.97. The van der Waals surface area contributed by atoms with Gasteiger partial charge >= 0.3 is 6.18 Å². The van der Waals surface area contributed by atoms with E-state index in [0.717, 1.165) is 12.0 Å². The van der Waals surface area contributed by atoms with Gasteiger partial charge < -0.3 is 15.2 Å². The summed E-state index contributed by atoms with van der Waals surface area (Å²) in [6.07, 6.45) is -0.534. The van der Waals surface area contributed by atoms with E-state index in [2.05, 4.69) is 4.98 Å². The highest BCUT2D eigenvalue weighted by molar-refractivity contribution is 5.32. The van der Waals surface area contributed by atoms with Crippen LogP contribution in [0.2, 0.25) is 0 Å². The first-order valence-electron chi connectivity index (χ1n) is 7.61. The highest BCUT2D eigenvalue weighted by Gasteiger charge is 2.31. The number of nitrogens with two attached hydrogens (primary N) is 1. The molecule has 1 heterocycles. The predicted molar refractivity (Wildman–Crippen MR) is 84.0 cm³/mol. The molecule has 0 unspecified atom stereocenters. The zero-order valence-electron chi connectivity index (χ0n) is 13.5. The van der Waals surface area contributed by atoms with Gasteiger partial charge in [-0.25, -0.2) is 4.39 Å². The maximum Gasteiger partial charge on any atom is 0.416 e. The summed E-state index contributed by atoms with van der Waals surface area (Å²) in [4.78, 5) is 4.02. The van der Waals surface area contributed by atoms with Gasteiger partial charge in [0.1, 0.15) is 19.0 Å². The third kappa shape index (κ3) is 5.60. The number of nitrogens with zero attached hydrogens (tertiary/aromatic N) is 1. The van der Waals surface area contributed by atoms with Crippen LogP contribution in [0.15, 0.2) is 36.7 Å². The number of pyridine rings is 1. The van der Waals surface area contributed by atoms with Crippen molar-refractivity contribution in [2.75, 3.05) is 13.2 Å². The second-order valence-corrected chi connectivity index (χ2v) is 5.41. The van der Waals surface area contributed by atoms with Crippen LogP contribution in [0.4, 0.5) is 17.6 Å². The van der Waals surface area contributed by atoms with E-state index in [1.807, 2.05) is 13.0 Å². The van der Waals surface area contributed by atoms with Crippen LogP contribution >= 0.6 is 0 Å². The predicted octanol–water partition coefficient (Wildman–Crippen LogP) is 3.59. The summed E-state index contributed by atoms with van der Waals surface area (Å²) >= 11 is 0. The van der Waals surface area contributed by atoms with Crippen LogP contribution < -0.4 is 15.2 Å². The molecule has 0 aliphatic carbocycles. The van der Waals surface area contributed by atoms with E-state index >= 15 is 0 Å². The summed E-state index contributed by atoms with van der Waals surface area (Å²) in [5, 5.41) is 0. The molecule has 0 bridgehead atoms. The first-order chi connectivity index (χ1) is 11.8. The van der Waals surface area contributed by atoms with Crippen LogP contribution in [-0.4, -0.2) is 24.2 Å². The highest BCUT2D eigenvalue weighted by atomic mass is 19.4. The Balaban J connectivity index is 1.90. The van der Waals surface area contributed by atoms with Gasteiger partial charge in [0.15, 0.2) is 11.6 Å². The van der Waals surface area contributed by atoms with Gasteiger partial charge in [-0.3, -0.25) is 4.98 Å². The van der Waals surface area contributed by atoms with Gasteiger partial charge in [0.25, 0.3) is 0 Å². The Labute approximate surface area is 142 Å². The smallest absolute Gasteiger partial charge is 0.416 e. The number of aromatic nitrogens is 1. The van der Waals surface area contributed by atoms with E-state index in [-0.39, 0.29) is 13.2 Å². The van der Waals surface area contributed by atoms with E-state index in [1.54, 1.807) is 6.20 Å². The monoisotopic (exact) mass is 358 g/mol. The number of rotatable bonds is 7. The van der Waals surface area contributed by atoms with Gasteiger partial charge in [-0.2, -0.15) is 13.2 Å². The van der Waals surface area contributed by atoms with Crippen molar-refractivity contribution in [3.63, 3.8) is 0 Å². The molecular formula is C17H18F4N2O2. The molecule has 2 N–H and O–H groups in total. The van der Waals surface area contributed by atoms with Crippen LogP contribution in [0.3, 0.4) is 0 Å². The standard InChI is InChI=1S/C17H18F4N2O2/c1-2-11-5-14(8-23-7-11)24-9-13(22)10-25-16-6-12(17(19,20)21)3-4-15(16)18/h3-8,13H,2,9-10,22H2,1H3/t13-/m1/s1. The molecule has 136 valence electrons. The second-order valence-electron chi connectivity index (χ2n) is 5.41. The van der Waals surface area contributed by atoms with Crippen LogP contribution in [0.25, 0.3) is 0 Å². The van der Waals surface area contributed by atoms with Crippen LogP contribution in [0.5, 0.6) is 11.5 Å². The minimum absolute atomic E-state index is 0.0510. The third-order valence-electron chi connectivity index (χ3n) is 3.35. The van der Waals surface area contributed by atoms with Crippen LogP contribution in [0, 0.1) is 5.82 Å². The van der Waals surface area contributed by atoms with Gasteiger partial charge in [0.05, 0.1) is 17.8 Å².